The molecule has 0 saturated heterocycles. The first-order chi connectivity index (χ1) is 9.66. The van der Waals surface area contributed by atoms with Crippen molar-refractivity contribution in [2.24, 2.45) is 0 Å². The minimum absolute atomic E-state index is 0.151. The van der Waals surface area contributed by atoms with Gasteiger partial charge in [0.1, 0.15) is 5.15 Å². The predicted octanol–water partition coefficient (Wildman–Crippen LogP) is 2.91. The lowest BCUT2D eigenvalue weighted by Crippen LogP contribution is -2.35. The van der Waals surface area contributed by atoms with Crippen LogP contribution in [0.1, 0.15) is 22.3 Å². The summed E-state index contributed by atoms with van der Waals surface area (Å²) in [5.41, 5.74) is 8.61. The van der Waals surface area contributed by atoms with Crippen LogP contribution in [-0.4, -0.2) is 17.4 Å². The first-order valence-electron chi connectivity index (χ1n) is 6.47. The number of hydrogen-bond donors (Lipinski definition) is 1. The van der Waals surface area contributed by atoms with Crippen LogP contribution in [0, 0.1) is 0 Å². The van der Waals surface area contributed by atoms with Gasteiger partial charge in [-0.2, -0.15) is 0 Å². The fourth-order valence-electron chi connectivity index (χ4n) is 2.50. The highest BCUT2D eigenvalue weighted by Gasteiger charge is 2.25. The van der Waals surface area contributed by atoms with Crippen molar-refractivity contribution in [2.45, 2.75) is 12.8 Å². The van der Waals surface area contributed by atoms with Crippen molar-refractivity contribution >= 4 is 28.9 Å². The molecule has 0 atom stereocenters. The number of amides is 1. The summed E-state index contributed by atoms with van der Waals surface area (Å²) in [5, 5.41) is 0.187. The lowest BCUT2D eigenvalue weighted by Gasteiger charge is -2.29. The highest BCUT2D eigenvalue weighted by atomic mass is 35.5. The fraction of sp³-hybridized carbons (Fsp3) is 0.200. The number of nitrogens with two attached hydrogens (primary N) is 1. The first-order valence-corrected chi connectivity index (χ1v) is 6.85. The fourth-order valence-corrected chi connectivity index (χ4v) is 2.69. The molecule has 1 aromatic heterocycles. The van der Waals surface area contributed by atoms with Crippen molar-refractivity contribution in [2.75, 3.05) is 17.2 Å². The number of pyridine rings is 1. The third-order valence-corrected chi connectivity index (χ3v) is 3.75. The second kappa shape index (κ2) is 5.13. The summed E-state index contributed by atoms with van der Waals surface area (Å²) in [5.74, 6) is -0.151. The molecule has 0 unspecified atom stereocenters. The molecule has 3 rings (SSSR count). The minimum atomic E-state index is -0.151. The van der Waals surface area contributed by atoms with Gasteiger partial charge in [-0.1, -0.05) is 29.8 Å². The van der Waals surface area contributed by atoms with Gasteiger partial charge in [0.15, 0.2) is 0 Å². The van der Waals surface area contributed by atoms with Gasteiger partial charge >= 0.3 is 0 Å². The maximum Gasteiger partial charge on any atom is 0.261 e. The van der Waals surface area contributed by atoms with Crippen LogP contribution in [0.25, 0.3) is 0 Å². The highest BCUT2D eigenvalue weighted by molar-refractivity contribution is 6.33. The molecule has 0 fully saturated rings. The Labute approximate surface area is 122 Å². The smallest absolute Gasteiger partial charge is 0.261 e. The van der Waals surface area contributed by atoms with E-state index in [0.717, 1.165) is 18.5 Å². The molecule has 102 valence electrons. The van der Waals surface area contributed by atoms with Crippen LogP contribution in [0.4, 0.5) is 11.4 Å². The number of anilines is 2. The molecule has 20 heavy (non-hydrogen) atoms. The van der Waals surface area contributed by atoms with E-state index in [0.29, 0.717) is 17.8 Å². The van der Waals surface area contributed by atoms with E-state index in [1.165, 1.54) is 11.8 Å². The molecule has 1 aliphatic heterocycles. The number of aromatic nitrogens is 1. The number of para-hydroxylation sites is 1. The molecule has 2 heterocycles. The van der Waals surface area contributed by atoms with Gasteiger partial charge in [0, 0.05) is 12.2 Å². The van der Waals surface area contributed by atoms with E-state index in [2.05, 4.69) is 4.98 Å². The first kappa shape index (κ1) is 12.9. The van der Waals surface area contributed by atoms with E-state index in [-0.39, 0.29) is 11.1 Å². The van der Waals surface area contributed by atoms with E-state index < -0.39 is 0 Å². The van der Waals surface area contributed by atoms with E-state index in [1.807, 2.05) is 24.3 Å². The summed E-state index contributed by atoms with van der Waals surface area (Å²) >= 11 is 6.02. The Bertz CT molecular complexity index is 672. The SMILES string of the molecule is Nc1cnc(Cl)c(C(=O)N2CCCc3ccccc32)c1. The number of aryl methyl sites for hydroxylation is 1. The van der Waals surface area contributed by atoms with Gasteiger partial charge in [-0.05, 0) is 30.5 Å². The van der Waals surface area contributed by atoms with Gasteiger partial charge in [-0.25, -0.2) is 4.98 Å². The molecule has 1 amide bonds. The van der Waals surface area contributed by atoms with Crippen LogP contribution >= 0.6 is 11.6 Å². The number of nitrogens with zero attached hydrogens (tertiary/aromatic N) is 2. The van der Waals surface area contributed by atoms with E-state index in [1.54, 1.807) is 11.0 Å². The topological polar surface area (TPSA) is 59.2 Å². The van der Waals surface area contributed by atoms with Crippen LogP contribution in [-0.2, 0) is 6.42 Å². The van der Waals surface area contributed by atoms with E-state index in [4.69, 9.17) is 17.3 Å². The van der Waals surface area contributed by atoms with Crippen molar-refractivity contribution in [1.82, 2.24) is 4.98 Å². The third-order valence-electron chi connectivity index (χ3n) is 3.45. The molecular formula is C15H14ClN3O. The summed E-state index contributed by atoms with van der Waals surface area (Å²) in [6, 6.07) is 9.51. The molecule has 1 aromatic carbocycles. The molecule has 2 N–H and O–H groups in total. The Morgan fingerprint density at radius 1 is 1.35 bits per heavy atom. The maximum atomic E-state index is 12.7. The number of fused-ring (bicyclic) bond motifs is 1. The summed E-state index contributed by atoms with van der Waals surface area (Å²) in [4.78, 5) is 18.4. The van der Waals surface area contributed by atoms with Crippen molar-refractivity contribution in [1.29, 1.82) is 0 Å². The van der Waals surface area contributed by atoms with Crippen LogP contribution < -0.4 is 10.6 Å². The second-order valence-electron chi connectivity index (χ2n) is 4.80. The number of benzene rings is 1. The quantitative estimate of drug-likeness (QED) is 0.821. The summed E-state index contributed by atoms with van der Waals surface area (Å²) in [6.45, 7) is 0.682. The summed E-state index contributed by atoms with van der Waals surface area (Å²) in [6.07, 6.45) is 3.38. The number of halogens is 1. The lowest BCUT2D eigenvalue weighted by molar-refractivity contribution is 0.0985. The average molecular weight is 288 g/mol. The van der Waals surface area contributed by atoms with Crippen molar-refractivity contribution in [3.63, 3.8) is 0 Å². The lowest BCUT2D eigenvalue weighted by atomic mass is 10.0. The predicted molar refractivity (Wildman–Crippen MR) is 80.1 cm³/mol. The van der Waals surface area contributed by atoms with Crippen molar-refractivity contribution in [3.05, 3.63) is 52.8 Å². The molecule has 0 radical (unpaired) electrons. The average Bonchev–Trinajstić information content (AvgIpc) is 2.48. The number of rotatable bonds is 1. The molecule has 0 saturated carbocycles. The second-order valence-corrected chi connectivity index (χ2v) is 5.15. The summed E-state index contributed by atoms with van der Waals surface area (Å²) < 4.78 is 0. The molecule has 0 aliphatic carbocycles. The zero-order chi connectivity index (χ0) is 14.1. The number of hydrogen-bond acceptors (Lipinski definition) is 3. The zero-order valence-electron chi connectivity index (χ0n) is 10.8. The number of carbonyl (C=O) groups is 1. The van der Waals surface area contributed by atoms with Crippen LogP contribution in [0.3, 0.4) is 0 Å². The molecule has 2 aromatic rings. The van der Waals surface area contributed by atoms with Gasteiger partial charge in [0.05, 0.1) is 17.4 Å². The molecule has 0 spiro atoms. The Morgan fingerprint density at radius 2 is 2.15 bits per heavy atom. The third kappa shape index (κ3) is 2.23. The monoisotopic (exact) mass is 287 g/mol. The van der Waals surface area contributed by atoms with Crippen LogP contribution in [0.2, 0.25) is 5.15 Å². The molecule has 1 aliphatic rings. The van der Waals surface area contributed by atoms with Crippen LogP contribution in [0.5, 0.6) is 0 Å². The maximum absolute atomic E-state index is 12.7. The van der Waals surface area contributed by atoms with Crippen molar-refractivity contribution in [3.8, 4) is 0 Å². The zero-order valence-corrected chi connectivity index (χ0v) is 11.6. The minimum Gasteiger partial charge on any atom is -0.397 e. The van der Waals surface area contributed by atoms with Gasteiger partial charge in [0.2, 0.25) is 0 Å². The van der Waals surface area contributed by atoms with Gasteiger partial charge < -0.3 is 10.6 Å². The van der Waals surface area contributed by atoms with Crippen molar-refractivity contribution < 1.29 is 4.79 Å². The molecule has 0 bridgehead atoms. The number of nitrogen functional groups attached to an aromatic ring is 1. The van der Waals surface area contributed by atoms with Gasteiger partial charge in [-0.15, -0.1) is 0 Å². The van der Waals surface area contributed by atoms with Gasteiger partial charge in [0.25, 0.3) is 5.91 Å². The Morgan fingerprint density at radius 3 is 3.00 bits per heavy atom. The Hall–Kier alpha value is -2.07. The largest absolute Gasteiger partial charge is 0.397 e. The summed E-state index contributed by atoms with van der Waals surface area (Å²) in [7, 11) is 0. The molecular weight excluding hydrogens is 274 g/mol. The Kier molecular flexibility index (Phi) is 3.32. The highest BCUT2D eigenvalue weighted by Crippen LogP contribution is 2.29. The standard InChI is InChI=1S/C15H14ClN3O/c16-14-12(8-11(17)9-18-14)15(20)19-7-3-5-10-4-1-2-6-13(10)19/h1-2,4,6,8-9H,3,5,7,17H2. The van der Waals surface area contributed by atoms with E-state index >= 15 is 0 Å². The normalized spacial score (nSPS) is 13.9. The molecule has 4 nitrogen and oxygen atoms in total. The van der Waals surface area contributed by atoms with E-state index in [9.17, 15) is 4.79 Å². The Balaban J connectivity index is 2.02. The number of carbonyl (C=O) groups excluding carboxylic acids is 1. The van der Waals surface area contributed by atoms with Gasteiger partial charge in [-0.3, -0.25) is 4.79 Å². The van der Waals surface area contributed by atoms with Crippen LogP contribution in [0.15, 0.2) is 36.5 Å². The molecule has 5 heteroatoms.